The van der Waals surface area contributed by atoms with E-state index in [-0.39, 0.29) is 0 Å². The molecule has 0 heterocycles. The summed E-state index contributed by atoms with van der Waals surface area (Å²) >= 11 is 11.2. The molecule has 0 bridgehead atoms. The summed E-state index contributed by atoms with van der Waals surface area (Å²) < 4.78 is 6.06. The fraction of sp³-hybridized carbons (Fsp3) is 0.412. The highest BCUT2D eigenvalue weighted by molar-refractivity contribution is 6.55. The van der Waals surface area contributed by atoms with Crippen molar-refractivity contribution in [3.63, 3.8) is 0 Å². The molecule has 0 unspecified atom stereocenters. The minimum atomic E-state index is 0.340. The van der Waals surface area contributed by atoms with Gasteiger partial charge in [0.25, 0.3) is 0 Å². The molecular weight excluding hydrogens is 291 g/mol. The first-order valence-corrected chi connectivity index (χ1v) is 7.82. The van der Waals surface area contributed by atoms with Crippen LogP contribution in [-0.2, 0) is 6.42 Å². The molecule has 0 radical (unpaired) electrons. The summed E-state index contributed by atoms with van der Waals surface area (Å²) in [6, 6.07) is 8.25. The van der Waals surface area contributed by atoms with Crippen LogP contribution >= 0.6 is 23.2 Å². The monoisotopic (exact) mass is 312 g/mol. The number of halogens is 2. The van der Waals surface area contributed by atoms with Crippen molar-refractivity contribution in [2.75, 3.05) is 6.61 Å². The Morgan fingerprint density at radius 1 is 1.10 bits per heavy atom. The van der Waals surface area contributed by atoms with Crippen molar-refractivity contribution in [2.24, 2.45) is 0 Å². The first-order valence-electron chi connectivity index (χ1n) is 7.06. The maximum atomic E-state index is 5.72. The third kappa shape index (κ3) is 7.02. The molecule has 0 amide bonds. The summed E-state index contributed by atoms with van der Waals surface area (Å²) in [6.45, 7) is 4.90. The van der Waals surface area contributed by atoms with Gasteiger partial charge in [-0.15, -0.1) is 0 Å². The largest absolute Gasteiger partial charge is 0.490 e. The van der Waals surface area contributed by atoms with E-state index in [0.29, 0.717) is 11.1 Å². The van der Waals surface area contributed by atoms with E-state index in [1.807, 2.05) is 18.2 Å². The van der Waals surface area contributed by atoms with Crippen LogP contribution < -0.4 is 4.74 Å². The van der Waals surface area contributed by atoms with Gasteiger partial charge in [-0.2, -0.15) is 0 Å². The Bertz CT molecular complexity index is 443. The molecular formula is C17H22Cl2O. The lowest BCUT2D eigenvalue weighted by molar-refractivity contribution is 0.361. The quantitative estimate of drug-likeness (QED) is 0.530. The van der Waals surface area contributed by atoms with Crippen LogP contribution in [0, 0.1) is 0 Å². The highest BCUT2D eigenvalue weighted by Gasteiger charge is 1.96. The predicted octanol–water partition coefficient (Wildman–Crippen LogP) is 6.06. The molecule has 110 valence electrons. The Morgan fingerprint density at radius 3 is 2.35 bits per heavy atom. The molecule has 1 nitrogen and oxygen atoms in total. The Hall–Kier alpha value is -0.920. The zero-order valence-corrected chi connectivity index (χ0v) is 13.7. The van der Waals surface area contributed by atoms with Crippen molar-refractivity contribution in [1.82, 2.24) is 0 Å². The number of rotatable bonds is 8. The summed E-state index contributed by atoms with van der Waals surface area (Å²) in [6.07, 6.45) is 7.88. The molecule has 0 aliphatic heterocycles. The van der Waals surface area contributed by atoms with Crippen molar-refractivity contribution in [1.29, 1.82) is 0 Å². The summed E-state index contributed by atoms with van der Waals surface area (Å²) in [5.74, 6) is 0.914. The standard InChI is InChI=1S/C17H22Cl2O/c1-3-14(6-5-7-17(18)19)12-13-20-16-10-8-15(4-2)9-11-16/h7-12H,3-6,13H2,1-2H3. The van der Waals surface area contributed by atoms with Gasteiger partial charge in [-0.1, -0.05) is 60.8 Å². The number of allylic oxidation sites excluding steroid dienone is 2. The third-order valence-corrected chi connectivity index (χ3v) is 3.48. The zero-order valence-electron chi connectivity index (χ0n) is 12.2. The van der Waals surface area contributed by atoms with Gasteiger partial charge in [-0.25, -0.2) is 0 Å². The summed E-state index contributed by atoms with van der Waals surface area (Å²) in [5, 5.41) is 0. The molecule has 0 fully saturated rings. The molecule has 1 aromatic rings. The minimum Gasteiger partial charge on any atom is -0.490 e. The smallest absolute Gasteiger partial charge is 0.119 e. The van der Waals surface area contributed by atoms with E-state index < -0.39 is 0 Å². The molecule has 0 atom stereocenters. The first-order chi connectivity index (χ1) is 9.65. The van der Waals surface area contributed by atoms with Gasteiger partial charge >= 0.3 is 0 Å². The van der Waals surface area contributed by atoms with Gasteiger partial charge in [-0.3, -0.25) is 0 Å². The summed E-state index contributed by atoms with van der Waals surface area (Å²) in [7, 11) is 0. The molecule has 0 saturated heterocycles. The molecule has 20 heavy (non-hydrogen) atoms. The van der Waals surface area contributed by atoms with E-state index >= 15 is 0 Å². The van der Waals surface area contributed by atoms with Crippen molar-refractivity contribution in [2.45, 2.75) is 39.5 Å². The molecule has 1 rings (SSSR count). The van der Waals surface area contributed by atoms with E-state index in [2.05, 4.69) is 32.1 Å². The second kappa shape index (κ2) is 9.90. The predicted molar refractivity (Wildman–Crippen MR) is 88.7 cm³/mol. The second-order valence-electron chi connectivity index (χ2n) is 4.56. The number of ether oxygens (including phenoxy) is 1. The van der Waals surface area contributed by atoms with Crippen molar-refractivity contribution in [3.8, 4) is 5.75 Å². The van der Waals surface area contributed by atoms with Crippen LogP contribution in [0.3, 0.4) is 0 Å². The van der Waals surface area contributed by atoms with Gasteiger partial charge in [-0.05, 0) is 49.5 Å². The van der Waals surface area contributed by atoms with E-state index in [1.165, 1.54) is 11.1 Å². The van der Waals surface area contributed by atoms with Crippen LogP contribution in [0.2, 0.25) is 0 Å². The molecule has 1 aromatic carbocycles. The Kier molecular flexibility index (Phi) is 8.48. The Balaban J connectivity index is 2.41. The maximum Gasteiger partial charge on any atom is 0.119 e. The number of hydrogen-bond acceptors (Lipinski definition) is 1. The van der Waals surface area contributed by atoms with E-state index in [4.69, 9.17) is 27.9 Å². The molecule has 0 aliphatic carbocycles. The molecule has 0 N–H and O–H groups in total. The highest BCUT2D eigenvalue weighted by atomic mass is 35.5. The second-order valence-corrected chi connectivity index (χ2v) is 5.56. The van der Waals surface area contributed by atoms with Crippen molar-refractivity contribution >= 4 is 23.2 Å². The first kappa shape index (κ1) is 17.1. The summed E-state index contributed by atoms with van der Waals surface area (Å²) in [4.78, 5) is 0. The van der Waals surface area contributed by atoms with Gasteiger partial charge in [0.15, 0.2) is 0 Å². The van der Waals surface area contributed by atoms with Gasteiger partial charge < -0.3 is 4.74 Å². The fourth-order valence-electron chi connectivity index (χ4n) is 1.87. The Labute approximate surface area is 132 Å². The van der Waals surface area contributed by atoms with E-state index in [9.17, 15) is 0 Å². The summed E-state index contributed by atoms with van der Waals surface area (Å²) in [5.41, 5.74) is 2.69. The average Bonchev–Trinajstić information content (AvgIpc) is 2.46. The van der Waals surface area contributed by atoms with Gasteiger partial charge in [0.2, 0.25) is 0 Å². The van der Waals surface area contributed by atoms with Gasteiger partial charge in [0.05, 0.1) is 0 Å². The zero-order chi connectivity index (χ0) is 14.8. The molecule has 0 saturated carbocycles. The normalized spacial score (nSPS) is 11.3. The Morgan fingerprint density at radius 2 is 1.80 bits per heavy atom. The third-order valence-electron chi connectivity index (χ3n) is 3.17. The highest BCUT2D eigenvalue weighted by Crippen LogP contribution is 2.16. The van der Waals surface area contributed by atoms with Crippen LogP contribution in [-0.4, -0.2) is 6.61 Å². The molecule has 0 aliphatic rings. The number of hydrogen-bond donors (Lipinski definition) is 0. The molecule has 3 heteroatoms. The van der Waals surface area contributed by atoms with Gasteiger partial charge in [0, 0.05) is 0 Å². The van der Waals surface area contributed by atoms with Gasteiger partial charge in [0.1, 0.15) is 16.8 Å². The van der Waals surface area contributed by atoms with Crippen LogP contribution in [0.5, 0.6) is 5.75 Å². The van der Waals surface area contributed by atoms with Crippen LogP contribution in [0.15, 0.2) is 46.5 Å². The SMILES string of the molecule is CCC(=CCOc1ccc(CC)cc1)CCC=C(Cl)Cl. The minimum absolute atomic E-state index is 0.340. The van der Waals surface area contributed by atoms with Crippen molar-refractivity contribution in [3.05, 3.63) is 52.0 Å². The fourth-order valence-corrected chi connectivity index (χ4v) is 2.09. The van der Waals surface area contributed by atoms with Crippen LogP contribution in [0.4, 0.5) is 0 Å². The lowest BCUT2D eigenvalue weighted by Crippen LogP contribution is -1.96. The topological polar surface area (TPSA) is 9.23 Å². The molecule has 0 aromatic heterocycles. The molecule has 0 spiro atoms. The average molecular weight is 313 g/mol. The number of benzene rings is 1. The lowest BCUT2D eigenvalue weighted by Gasteiger charge is -2.06. The lowest BCUT2D eigenvalue weighted by atomic mass is 10.1. The van der Waals surface area contributed by atoms with E-state index in [1.54, 1.807) is 0 Å². The van der Waals surface area contributed by atoms with Crippen molar-refractivity contribution < 1.29 is 4.74 Å². The van der Waals surface area contributed by atoms with Crippen LogP contribution in [0.1, 0.15) is 38.7 Å². The number of aryl methyl sites for hydroxylation is 1. The maximum absolute atomic E-state index is 5.72. The van der Waals surface area contributed by atoms with E-state index in [0.717, 1.165) is 31.4 Å². The van der Waals surface area contributed by atoms with Crippen LogP contribution in [0.25, 0.3) is 0 Å².